The number of aromatic nitrogens is 1. The predicted molar refractivity (Wildman–Crippen MR) is 87.4 cm³/mol. The molecule has 1 aromatic heterocycles. The standard InChI is InChI=1S/C17H25N3O3/c1-2-3-4-8-19-16(21)13-7-9-18-15(11-13)17(22)20-12-14-6-5-10-23-14/h7,9,11,14H,2-6,8,10,12H2,1H3,(H,19,21)(H,20,22). The van der Waals surface area contributed by atoms with Gasteiger partial charge in [-0.2, -0.15) is 0 Å². The lowest BCUT2D eigenvalue weighted by Gasteiger charge is -2.11. The minimum absolute atomic E-state index is 0.0870. The Morgan fingerprint density at radius 2 is 2.17 bits per heavy atom. The lowest BCUT2D eigenvalue weighted by atomic mass is 10.2. The van der Waals surface area contributed by atoms with Crippen molar-refractivity contribution in [1.29, 1.82) is 0 Å². The molecular formula is C17H25N3O3. The van der Waals surface area contributed by atoms with Crippen molar-refractivity contribution in [2.24, 2.45) is 0 Å². The van der Waals surface area contributed by atoms with Gasteiger partial charge in [0.2, 0.25) is 0 Å². The molecule has 1 aliphatic heterocycles. The van der Waals surface area contributed by atoms with Gasteiger partial charge in [-0.15, -0.1) is 0 Å². The minimum Gasteiger partial charge on any atom is -0.376 e. The van der Waals surface area contributed by atoms with Crippen molar-refractivity contribution in [2.75, 3.05) is 19.7 Å². The first-order valence-electron chi connectivity index (χ1n) is 8.34. The van der Waals surface area contributed by atoms with E-state index in [4.69, 9.17) is 4.74 Å². The Balaban J connectivity index is 1.85. The number of rotatable bonds is 8. The minimum atomic E-state index is -0.277. The first kappa shape index (κ1) is 17.4. The molecule has 1 aromatic rings. The summed E-state index contributed by atoms with van der Waals surface area (Å²) in [5.74, 6) is -0.446. The number of ether oxygens (including phenoxy) is 1. The Hall–Kier alpha value is -1.95. The van der Waals surface area contributed by atoms with E-state index >= 15 is 0 Å². The number of pyridine rings is 1. The highest BCUT2D eigenvalue weighted by atomic mass is 16.5. The predicted octanol–water partition coefficient (Wildman–Crippen LogP) is 1.91. The van der Waals surface area contributed by atoms with Crippen LogP contribution in [0.1, 0.15) is 59.9 Å². The van der Waals surface area contributed by atoms with Crippen LogP contribution in [0, 0.1) is 0 Å². The van der Waals surface area contributed by atoms with Gasteiger partial charge in [0.05, 0.1) is 6.10 Å². The fraction of sp³-hybridized carbons (Fsp3) is 0.588. The van der Waals surface area contributed by atoms with Crippen molar-refractivity contribution in [3.05, 3.63) is 29.6 Å². The Kier molecular flexibility index (Phi) is 7.00. The lowest BCUT2D eigenvalue weighted by molar-refractivity contribution is 0.0853. The third-order valence-electron chi connectivity index (χ3n) is 3.83. The zero-order valence-electron chi connectivity index (χ0n) is 13.6. The van der Waals surface area contributed by atoms with Gasteiger partial charge in [-0.1, -0.05) is 19.8 Å². The number of unbranched alkanes of at least 4 members (excludes halogenated alkanes) is 2. The first-order chi connectivity index (χ1) is 11.2. The van der Waals surface area contributed by atoms with E-state index in [1.165, 1.54) is 12.3 Å². The number of carbonyl (C=O) groups is 2. The molecule has 1 atom stereocenters. The summed E-state index contributed by atoms with van der Waals surface area (Å²) in [6.45, 7) is 4.00. The van der Waals surface area contributed by atoms with Crippen LogP contribution in [0.3, 0.4) is 0 Å². The van der Waals surface area contributed by atoms with E-state index in [-0.39, 0.29) is 23.6 Å². The molecule has 1 saturated heterocycles. The van der Waals surface area contributed by atoms with Crippen LogP contribution in [0.4, 0.5) is 0 Å². The topological polar surface area (TPSA) is 80.3 Å². The fourth-order valence-corrected chi connectivity index (χ4v) is 2.48. The van der Waals surface area contributed by atoms with Crippen LogP contribution in [0.15, 0.2) is 18.3 Å². The molecule has 2 N–H and O–H groups in total. The molecule has 0 spiro atoms. The quantitative estimate of drug-likeness (QED) is 0.717. The molecular weight excluding hydrogens is 294 g/mol. The zero-order valence-corrected chi connectivity index (χ0v) is 13.6. The van der Waals surface area contributed by atoms with E-state index in [0.29, 0.717) is 18.7 Å². The molecule has 2 amide bonds. The molecule has 23 heavy (non-hydrogen) atoms. The first-order valence-corrected chi connectivity index (χ1v) is 8.34. The molecule has 2 rings (SSSR count). The van der Waals surface area contributed by atoms with E-state index < -0.39 is 0 Å². The van der Waals surface area contributed by atoms with Gasteiger partial charge in [-0.25, -0.2) is 0 Å². The van der Waals surface area contributed by atoms with Crippen molar-refractivity contribution in [3.8, 4) is 0 Å². The van der Waals surface area contributed by atoms with Gasteiger partial charge in [0.15, 0.2) is 0 Å². The number of nitrogens with zero attached hydrogens (tertiary/aromatic N) is 1. The smallest absolute Gasteiger partial charge is 0.269 e. The van der Waals surface area contributed by atoms with Crippen LogP contribution >= 0.6 is 0 Å². The molecule has 0 bridgehead atoms. The molecule has 1 aliphatic rings. The van der Waals surface area contributed by atoms with Crippen LogP contribution in [0.5, 0.6) is 0 Å². The molecule has 2 heterocycles. The molecule has 0 aliphatic carbocycles. The maximum absolute atomic E-state index is 12.1. The van der Waals surface area contributed by atoms with Gasteiger partial charge in [-0.3, -0.25) is 14.6 Å². The van der Waals surface area contributed by atoms with Crippen molar-refractivity contribution in [1.82, 2.24) is 15.6 Å². The Morgan fingerprint density at radius 3 is 2.91 bits per heavy atom. The highest BCUT2D eigenvalue weighted by Crippen LogP contribution is 2.11. The highest BCUT2D eigenvalue weighted by Gasteiger charge is 2.17. The van der Waals surface area contributed by atoms with Crippen molar-refractivity contribution in [3.63, 3.8) is 0 Å². The largest absolute Gasteiger partial charge is 0.376 e. The summed E-state index contributed by atoms with van der Waals surface area (Å²) in [4.78, 5) is 28.2. The van der Waals surface area contributed by atoms with Gasteiger partial charge in [-0.05, 0) is 31.4 Å². The second kappa shape index (κ2) is 9.25. The molecule has 126 valence electrons. The van der Waals surface area contributed by atoms with Gasteiger partial charge in [0.25, 0.3) is 11.8 Å². The third-order valence-corrected chi connectivity index (χ3v) is 3.83. The average molecular weight is 319 g/mol. The van der Waals surface area contributed by atoms with Crippen molar-refractivity contribution in [2.45, 2.75) is 45.1 Å². The van der Waals surface area contributed by atoms with Crippen LogP contribution in [0.25, 0.3) is 0 Å². The molecule has 0 aromatic carbocycles. The summed E-state index contributed by atoms with van der Waals surface area (Å²) in [6, 6.07) is 3.14. The Morgan fingerprint density at radius 1 is 1.30 bits per heavy atom. The highest BCUT2D eigenvalue weighted by molar-refractivity contribution is 5.98. The average Bonchev–Trinajstić information content (AvgIpc) is 3.10. The maximum atomic E-state index is 12.1. The summed E-state index contributed by atoms with van der Waals surface area (Å²) >= 11 is 0. The monoisotopic (exact) mass is 319 g/mol. The normalized spacial score (nSPS) is 17.0. The van der Waals surface area contributed by atoms with Crippen LogP contribution in [0.2, 0.25) is 0 Å². The van der Waals surface area contributed by atoms with Gasteiger partial charge in [0, 0.05) is 31.5 Å². The molecule has 6 heteroatoms. The molecule has 0 radical (unpaired) electrons. The SMILES string of the molecule is CCCCCNC(=O)c1ccnc(C(=O)NCC2CCCO2)c1. The van der Waals surface area contributed by atoms with E-state index in [1.54, 1.807) is 6.07 Å². The maximum Gasteiger partial charge on any atom is 0.269 e. The van der Waals surface area contributed by atoms with Gasteiger partial charge in [0.1, 0.15) is 5.69 Å². The van der Waals surface area contributed by atoms with Crippen LogP contribution in [-0.4, -0.2) is 42.6 Å². The van der Waals surface area contributed by atoms with E-state index in [0.717, 1.165) is 38.7 Å². The van der Waals surface area contributed by atoms with Gasteiger partial charge < -0.3 is 15.4 Å². The summed E-state index contributed by atoms with van der Waals surface area (Å²) in [5, 5.41) is 5.67. The zero-order chi connectivity index (χ0) is 16.5. The number of hydrogen-bond donors (Lipinski definition) is 2. The van der Waals surface area contributed by atoms with Crippen molar-refractivity contribution >= 4 is 11.8 Å². The molecule has 1 unspecified atom stereocenters. The van der Waals surface area contributed by atoms with Gasteiger partial charge >= 0.3 is 0 Å². The number of amides is 2. The van der Waals surface area contributed by atoms with E-state index in [9.17, 15) is 9.59 Å². The lowest BCUT2D eigenvalue weighted by Crippen LogP contribution is -2.32. The van der Waals surface area contributed by atoms with E-state index in [1.807, 2.05) is 0 Å². The van der Waals surface area contributed by atoms with Crippen molar-refractivity contribution < 1.29 is 14.3 Å². The molecule has 6 nitrogen and oxygen atoms in total. The number of hydrogen-bond acceptors (Lipinski definition) is 4. The second-order valence-corrected chi connectivity index (χ2v) is 5.74. The summed E-state index contributed by atoms with van der Waals surface area (Å²) in [6.07, 6.45) is 6.74. The molecule has 1 fully saturated rings. The summed E-state index contributed by atoms with van der Waals surface area (Å²) in [5.41, 5.74) is 0.711. The molecule has 0 saturated carbocycles. The second-order valence-electron chi connectivity index (χ2n) is 5.74. The number of nitrogens with one attached hydrogen (secondary N) is 2. The summed E-state index contributed by atoms with van der Waals surface area (Å²) in [7, 11) is 0. The fourth-order valence-electron chi connectivity index (χ4n) is 2.48. The third kappa shape index (κ3) is 5.63. The Labute approximate surface area is 137 Å². The number of carbonyl (C=O) groups excluding carboxylic acids is 2. The summed E-state index contributed by atoms with van der Waals surface area (Å²) < 4.78 is 5.47. The Bertz CT molecular complexity index is 528. The van der Waals surface area contributed by atoms with Crippen LogP contribution < -0.4 is 10.6 Å². The van der Waals surface area contributed by atoms with E-state index in [2.05, 4.69) is 22.5 Å². The van der Waals surface area contributed by atoms with Crippen LogP contribution in [-0.2, 0) is 4.74 Å².